The molecule has 0 saturated carbocycles. The maximum Gasteiger partial charge on any atom is 0.191 e. The molecule has 1 aliphatic heterocycles. The summed E-state index contributed by atoms with van der Waals surface area (Å²) in [6.45, 7) is 13.0. The molecule has 7 heteroatoms. The lowest BCUT2D eigenvalue weighted by atomic mass is 10.2. The molecule has 0 unspecified atom stereocenters. The lowest BCUT2D eigenvalue weighted by Crippen LogP contribution is -2.46. The summed E-state index contributed by atoms with van der Waals surface area (Å²) in [5.74, 6) is 1.92. The second-order valence-electron chi connectivity index (χ2n) is 6.99. The number of aliphatic imine (C=N–C) groups is 1. The number of rotatable bonds is 8. The van der Waals surface area contributed by atoms with E-state index in [1.54, 1.807) is 0 Å². The predicted molar refractivity (Wildman–Crippen MR) is 116 cm³/mol. The van der Waals surface area contributed by atoms with Gasteiger partial charge in [-0.1, -0.05) is 6.92 Å². The number of guanidine groups is 1. The molecule has 1 aliphatic rings. The summed E-state index contributed by atoms with van der Waals surface area (Å²) in [5, 5.41) is 6.73. The second kappa shape index (κ2) is 10.7. The maximum absolute atomic E-state index is 4.74. The van der Waals surface area contributed by atoms with Crippen molar-refractivity contribution in [3.8, 4) is 0 Å². The predicted octanol–water partition coefficient (Wildman–Crippen LogP) is 1.78. The largest absolute Gasteiger partial charge is 0.357 e. The molecule has 152 valence electrons. The van der Waals surface area contributed by atoms with Gasteiger partial charge in [-0.15, -0.1) is 0 Å². The third-order valence-corrected chi connectivity index (χ3v) is 5.05. The van der Waals surface area contributed by atoms with Crippen molar-refractivity contribution in [2.24, 2.45) is 4.99 Å². The highest BCUT2D eigenvalue weighted by molar-refractivity contribution is 5.79. The van der Waals surface area contributed by atoms with Gasteiger partial charge in [0.1, 0.15) is 5.82 Å². The van der Waals surface area contributed by atoms with E-state index in [1.165, 1.54) is 5.56 Å². The van der Waals surface area contributed by atoms with Crippen LogP contribution in [0.2, 0.25) is 0 Å². The first kappa shape index (κ1) is 20.2. The van der Waals surface area contributed by atoms with Crippen LogP contribution >= 0.6 is 0 Å². The summed E-state index contributed by atoms with van der Waals surface area (Å²) < 4.78 is 2.16. The number of piperazine rings is 1. The summed E-state index contributed by atoms with van der Waals surface area (Å²) in [7, 11) is 0. The third kappa shape index (κ3) is 5.99. The summed E-state index contributed by atoms with van der Waals surface area (Å²) >= 11 is 0. The second-order valence-corrected chi connectivity index (χ2v) is 6.99. The Morgan fingerprint density at radius 2 is 1.89 bits per heavy atom. The highest BCUT2D eigenvalue weighted by Gasteiger charge is 2.16. The van der Waals surface area contributed by atoms with E-state index in [0.29, 0.717) is 6.54 Å². The van der Waals surface area contributed by atoms with Crippen LogP contribution < -0.4 is 15.5 Å². The lowest BCUT2D eigenvalue weighted by molar-refractivity contribution is 0.270. The van der Waals surface area contributed by atoms with Crippen LogP contribution in [0.25, 0.3) is 0 Å². The number of nitrogens with zero attached hydrogens (tertiary/aromatic N) is 5. The highest BCUT2D eigenvalue weighted by atomic mass is 15.3. The lowest BCUT2D eigenvalue weighted by Gasteiger charge is -2.34. The molecule has 0 spiro atoms. The average molecular weight is 384 g/mol. The van der Waals surface area contributed by atoms with Crippen LogP contribution in [0.1, 0.15) is 19.4 Å². The Hall–Kier alpha value is -2.54. The van der Waals surface area contributed by atoms with Crippen molar-refractivity contribution in [3.63, 3.8) is 0 Å². The first-order valence-corrected chi connectivity index (χ1v) is 10.3. The Morgan fingerprint density at radius 3 is 2.61 bits per heavy atom. The van der Waals surface area contributed by atoms with Gasteiger partial charge in [0.05, 0.1) is 6.54 Å². The van der Waals surface area contributed by atoms with Crippen LogP contribution in [-0.4, -0.2) is 66.2 Å². The summed E-state index contributed by atoms with van der Waals surface area (Å²) in [4.78, 5) is 14.2. The number of nitrogens with one attached hydrogen (secondary N) is 2. The van der Waals surface area contributed by atoms with E-state index >= 15 is 0 Å². The van der Waals surface area contributed by atoms with E-state index in [1.807, 2.05) is 18.3 Å². The average Bonchev–Trinajstić information content (AvgIpc) is 3.26. The highest BCUT2D eigenvalue weighted by Crippen LogP contribution is 2.15. The minimum absolute atomic E-state index is 0.642. The fraction of sp³-hybridized carbons (Fsp3) is 0.524. The number of aromatic nitrogens is 2. The van der Waals surface area contributed by atoms with Crippen LogP contribution in [0.5, 0.6) is 0 Å². The molecule has 2 aromatic rings. The first-order chi connectivity index (χ1) is 13.8. The van der Waals surface area contributed by atoms with Gasteiger partial charge in [0.25, 0.3) is 0 Å². The Morgan fingerprint density at radius 1 is 1.11 bits per heavy atom. The van der Waals surface area contributed by atoms with Crippen molar-refractivity contribution in [2.75, 3.05) is 50.7 Å². The Kier molecular flexibility index (Phi) is 7.72. The Balaban J connectivity index is 1.54. The van der Waals surface area contributed by atoms with Crippen molar-refractivity contribution in [2.45, 2.75) is 26.9 Å². The van der Waals surface area contributed by atoms with Gasteiger partial charge in [-0.3, -0.25) is 0 Å². The molecule has 0 aliphatic carbocycles. The minimum atomic E-state index is 0.642. The normalized spacial score (nSPS) is 15.6. The van der Waals surface area contributed by atoms with E-state index in [2.05, 4.69) is 68.4 Å². The van der Waals surface area contributed by atoms with Gasteiger partial charge in [0.15, 0.2) is 5.96 Å². The molecule has 0 amide bonds. The smallest absolute Gasteiger partial charge is 0.191 e. The van der Waals surface area contributed by atoms with Crippen molar-refractivity contribution < 1.29 is 0 Å². The third-order valence-electron chi connectivity index (χ3n) is 5.05. The molecule has 2 N–H and O–H groups in total. The number of likely N-dealkylation sites (N-methyl/N-ethyl adjacent to an activating group) is 1. The molecule has 1 saturated heterocycles. The minimum Gasteiger partial charge on any atom is -0.357 e. The fourth-order valence-corrected chi connectivity index (χ4v) is 3.36. The summed E-state index contributed by atoms with van der Waals surface area (Å²) in [6.07, 6.45) is 6.05. The molecule has 0 atom stereocenters. The van der Waals surface area contributed by atoms with Gasteiger partial charge in [-0.2, -0.15) is 0 Å². The van der Waals surface area contributed by atoms with Crippen LogP contribution in [0.4, 0.5) is 5.82 Å². The zero-order chi connectivity index (χ0) is 19.6. The van der Waals surface area contributed by atoms with Crippen LogP contribution in [-0.2, 0) is 13.1 Å². The molecule has 3 rings (SSSR count). The van der Waals surface area contributed by atoms with Crippen LogP contribution in [0, 0.1) is 0 Å². The molecule has 1 fully saturated rings. The molecule has 2 aromatic heterocycles. The number of hydrogen-bond acceptors (Lipinski definition) is 4. The fourth-order valence-electron chi connectivity index (χ4n) is 3.36. The SMILES string of the molecule is CCNC(=NCc1ccnc(N2CCN(CC)CC2)c1)NCCn1cccc1. The van der Waals surface area contributed by atoms with Crippen LogP contribution in [0.3, 0.4) is 0 Å². The Labute approximate surface area is 168 Å². The van der Waals surface area contributed by atoms with Crippen molar-refractivity contribution in [3.05, 3.63) is 48.4 Å². The monoisotopic (exact) mass is 383 g/mol. The quantitative estimate of drug-likeness (QED) is 0.538. The van der Waals surface area contributed by atoms with E-state index in [9.17, 15) is 0 Å². The van der Waals surface area contributed by atoms with Gasteiger partial charge < -0.3 is 25.0 Å². The number of pyridine rings is 1. The van der Waals surface area contributed by atoms with E-state index in [4.69, 9.17) is 4.99 Å². The standard InChI is InChI=1S/C21H33N7/c1-3-22-21(24-9-12-27-10-5-6-11-27)25-18-19-7-8-23-20(17-19)28-15-13-26(4-2)14-16-28/h5-8,10-11,17H,3-4,9,12-16,18H2,1-2H3,(H2,22,24,25). The molecule has 0 bridgehead atoms. The topological polar surface area (TPSA) is 60.7 Å². The van der Waals surface area contributed by atoms with Gasteiger partial charge in [0, 0.05) is 64.4 Å². The van der Waals surface area contributed by atoms with E-state index in [0.717, 1.165) is 64.1 Å². The molecule has 7 nitrogen and oxygen atoms in total. The molecular weight excluding hydrogens is 350 g/mol. The number of anilines is 1. The number of hydrogen-bond donors (Lipinski definition) is 2. The van der Waals surface area contributed by atoms with E-state index in [-0.39, 0.29) is 0 Å². The summed E-state index contributed by atoms with van der Waals surface area (Å²) in [5.41, 5.74) is 1.19. The van der Waals surface area contributed by atoms with Gasteiger partial charge >= 0.3 is 0 Å². The maximum atomic E-state index is 4.74. The van der Waals surface area contributed by atoms with E-state index < -0.39 is 0 Å². The van der Waals surface area contributed by atoms with Gasteiger partial charge in [-0.05, 0) is 43.3 Å². The van der Waals surface area contributed by atoms with Crippen LogP contribution in [0.15, 0.2) is 47.8 Å². The van der Waals surface area contributed by atoms with Gasteiger partial charge in [-0.25, -0.2) is 9.98 Å². The zero-order valence-corrected chi connectivity index (χ0v) is 17.1. The summed E-state index contributed by atoms with van der Waals surface area (Å²) in [6, 6.07) is 8.32. The molecule has 3 heterocycles. The van der Waals surface area contributed by atoms with Crippen molar-refractivity contribution in [1.82, 2.24) is 25.1 Å². The van der Waals surface area contributed by atoms with Crippen molar-refractivity contribution >= 4 is 11.8 Å². The van der Waals surface area contributed by atoms with Crippen molar-refractivity contribution in [1.29, 1.82) is 0 Å². The Bertz CT molecular complexity index is 718. The molecular formula is C21H33N7. The molecule has 0 radical (unpaired) electrons. The zero-order valence-electron chi connectivity index (χ0n) is 17.1. The van der Waals surface area contributed by atoms with Gasteiger partial charge in [0.2, 0.25) is 0 Å². The molecule has 0 aromatic carbocycles. The first-order valence-electron chi connectivity index (χ1n) is 10.3. The molecule has 28 heavy (non-hydrogen) atoms.